The number of benzene rings is 3. The average Bonchev–Trinajstić information content (AvgIpc) is 3.03. The summed E-state index contributed by atoms with van der Waals surface area (Å²) >= 11 is 0. The predicted octanol–water partition coefficient (Wildman–Crippen LogP) is 9.65. The van der Waals surface area contributed by atoms with E-state index in [9.17, 15) is 14.4 Å². The van der Waals surface area contributed by atoms with Crippen LogP contribution in [-0.2, 0) is 16.8 Å². The van der Waals surface area contributed by atoms with Gasteiger partial charge in [-0.05, 0) is 70.5 Å². The maximum absolute atomic E-state index is 13.1. The lowest BCUT2D eigenvalue weighted by atomic mass is 9.76. The van der Waals surface area contributed by atoms with Crippen molar-refractivity contribution in [2.75, 3.05) is 13.1 Å². The topological polar surface area (TPSA) is 63.7 Å². The number of allylic oxidation sites excluding steroid dienone is 2. The van der Waals surface area contributed by atoms with Crippen LogP contribution in [0.3, 0.4) is 0 Å². The summed E-state index contributed by atoms with van der Waals surface area (Å²) in [6.07, 6.45) is 8.30. The third-order valence-electron chi connectivity index (χ3n) is 8.77. The Kier molecular flexibility index (Phi) is 11.8. The first kappa shape index (κ1) is 35.6. The van der Waals surface area contributed by atoms with E-state index in [1.54, 1.807) is 36.4 Å². The van der Waals surface area contributed by atoms with Gasteiger partial charge in [0.25, 0.3) is 0 Å². The van der Waals surface area contributed by atoms with Crippen molar-refractivity contribution in [3.63, 3.8) is 0 Å². The monoisotopic (exact) mass is 633 g/mol. The van der Waals surface area contributed by atoms with Crippen LogP contribution in [-0.4, -0.2) is 35.3 Å². The Hall–Kier alpha value is -4.25. The Bertz CT molecular complexity index is 1580. The van der Waals surface area contributed by atoms with E-state index >= 15 is 0 Å². The second-order valence-electron chi connectivity index (χ2n) is 14.8. The second-order valence-corrected chi connectivity index (χ2v) is 14.8. The molecule has 1 aliphatic rings. The van der Waals surface area contributed by atoms with Gasteiger partial charge in [-0.15, -0.1) is 0 Å². The smallest absolute Gasteiger partial charge is 0.170 e. The van der Waals surface area contributed by atoms with E-state index in [4.69, 9.17) is 4.74 Å². The molecule has 0 radical (unpaired) electrons. The van der Waals surface area contributed by atoms with Gasteiger partial charge in [-0.2, -0.15) is 0 Å². The molecule has 4 rings (SSSR count). The lowest BCUT2D eigenvalue weighted by Gasteiger charge is -2.37. The highest BCUT2D eigenvalue weighted by Crippen LogP contribution is 2.36. The first-order valence-electron chi connectivity index (χ1n) is 16.9. The Labute approximate surface area is 281 Å². The van der Waals surface area contributed by atoms with Gasteiger partial charge in [0.15, 0.2) is 17.3 Å². The van der Waals surface area contributed by atoms with Gasteiger partial charge in [-0.3, -0.25) is 14.4 Å². The van der Waals surface area contributed by atoms with Crippen LogP contribution >= 0.6 is 0 Å². The van der Waals surface area contributed by atoms with Crippen LogP contribution in [0.25, 0.3) is 6.08 Å². The van der Waals surface area contributed by atoms with Crippen LogP contribution in [0.2, 0.25) is 0 Å². The molecule has 0 saturated heterocycles. The van der Waals surface area contributed by atoms with Gasteiger partial charge >= 0.3 is 0 Å². The molecule has 248 valence electrons. The Morgan fingerprint density at radius 1 is 0.851 bits per heavy atom. The van der Waals surface area contributed by atoms with E-state index in [2.05, 4.69) is 71.7 Å². The standard InChI is InChI=1S/C42H51NO4/c1-30(2)27-43-25-24-42(6,7)37(28-43)38(44)11-9-8-10-31-12-14-32(15-13-31)29-47-36-22-18-34(19-23-36)40(46)26-39(45)33-16-20-35(21-17-33)41(3,4)5/h8,10,12-23,28,30H,9,11,24-27,29H2,1-7H3. The van der Waals surface area contributed by atoms with Gasteiger partial charge in [0.05, 0.1) is 6.42 Å². The minimum atomic E-state index is -0.211. The van der Waals surface area contributed by atoms with Crippen molar-refractivity contribution in [2.45, 2.75) is 86.2 Å². The number of ether oxygens (including phenoxy) is 1. The molecule has 1 aliphatic heterocycles. The molecule has 0 aromatic heterocycles. The quantitative estimate of drug-likeness (QED) is 0.131. The summed E-state index contributed by atoms with van der Waals surface area (Å²) in [5, 5.41) is 0. The normalized spacial score (nSPS) is 14.7. The molecule has 0 unspecified atom stereocenters. The minimum Gasteiger partial charge on any atom is -0.489 e. The van der Waals surface area contributed by atoms with E-state index in [0.29, 0.717) is 42.2 Å². The number of hydrogen-bond acceptors (Lipinski definition) is 5. The van der Waals surface area contributed by atoms with E-state index in [-0.39, 0.29) is 34.6 Å². The highest BCUT2D eigenvalue weighted by atomic mass is 16.5. The molecule has 5 nitrogen and oxygen atoms in total. The zero-order chi connectivity index (χ0) is 34.2. The fraction of sp³-hybridized carbons (Fsp3) is 0.405. The SMILES string of the molecule is CC(C)CN1C=C(C(=O)CCC=Cc2ccc(COc3ccc(C(=O)CC(=O)c4ccc(C(C)(C)C)cc4)cc3)cc2)C(C)(C)CC1. The number of nitrogens with zero attached hydrogens (tertiary/aromatic N) is 1. The second kappa shape index (κ2) is 15.6. The summed E-state index contributed by atoms with van der Waals surface area (Å²) in [6.45, 7) is 17.6. The fourth-order valence-corrected chi connectivity index (χ4v) is 5.75. The maximum Gasteiger partial charge on any atom is 0.170 e. The van der Waals surface area contributed by atoms with Gasteiger partial charge < -0.3 is 9.64 Å². The molecule has 3 aromatic carbocycles. The van der Waals surface area contributed by atoms with Crippen molar-refractivity contribution in [3.05, 3.63) is 118 Å². The third-order valence-corrected chi connectivity index (χ3v) is 8.77. The predicted molar refractivity (Wildman–Crippen MR) is 192 cm³/mol. The Morgan fingerprint density at radius 2 is 1.45 bits per heavy atom. The molecule has 5 heteroatoms. The molecule has 3 aromatic rings. The molecular weight excluding hydrogens is 582 g/mol. The number of hydrogen-bond donors (Lipinski definition) is 0. The van der Waals surface area contributed by atoms with Crippen molar-refractivity contribution in [1.29, 1.82) is 0 Å². The van der Waals surface area contributed by atoms with Crippen molar-refractivity contribution in [1.82, 2.24) is 4.90 Å². The van der Waals surface area contributed by atoms with Crippen LogP contribution < -0.4 is 4.74 Å². The minimum absolute atomic E-state index is 0.00651. The lowest BCUT2D eigenvalue weighted by molar-refractivity contribution is -0.116. The molecule has 1 heterocycles. The molecule has 0 atom stereocenters. The van der Waals surface area contributed by atoms with Crippen LogP contribution in [0.5, 0.6) is 5.75 Å². The summed E-state index contributed by atoms with van der Waals surface area (Å²) in [5.74, 6) is 1.08. The summed E-state index contributed by atoms with van der Waals surface area (Å²) in [7, 11) is 0. The molecule has 0 amide bonds. The molecule has 0 spiro atoms. The van der Waals surface area contributed by atoms with E-state index in [0.717, 1.165) is 41.8 Å². The molecule has 0 aliphatic carbocycles. The third kappa shape index (κ3) is 10.4. The number of carbonyl (C=O) groups excluding carboxylic acids is 3. The van der Waals surface area contributed by atoms with Gasteiger partial charge in [0.2, 0.25) is 0 Å². The number of rotatable bonds is 14. The number of ketones is 3. The van der Waals surface area contributed by atoms with Crippen molar-refractivity contribution in [2.24, 2.45) is 11.3 Å². The van der Waals surface area contributed by atoms with Gasteiger partial charge in [0, 0.05) is 42.4 Å². The zero-order valence-corrected chi connectivity index (χ0v) is 29.3. The highest BCUT2D eigenvalue weighted by molar-refractivity contribution is 6.13. The van der Waals surface area contributed by atoms with Crippen molar-refractivity contribution >= 4 is 23.4 Å². The van der Waals surface area contributed by atoms with E-state index in [1.165, 1.54) is 0 Å². The van der Waals surface area contributed by atoms with Crippen molar-refractivity contribution < 1.29 is 19.1 Å². The Morgan fingerprint density at radius 3 is 2.02 bits per heavy atom. The van der Waals surface area contributed by atoms with Crippen LogP contribution in [0.15, 0.2) is 90.6 Å². The number of Topliss-reactive ketones (excluding diaryl/α,β-unsaturated/α-hetero) is 3. The molecule has 0 saturated carbocycles. The largest absolute Gasteiger partial charge is 0.489 e. The van der Waals surface area contributed by atoms with Gasteiger partial charge in [-0.1, -0.05) is 109 Å². The fourth-order valence-electron chi connectivity index (χ4n) is 5.75. The molecule has 47 heavy (non-hydrogen) atoms. The van der Waals surface area contributed by atoms with Gasteiger partial charge in [-0.25, -0.2) is 0 Å². The van der Waals surface area contributed by atoms with Gasteiger partial charge in [0.1, 0.15) is 12.4 Å². The lowest BCUT2D eigenvalue weighted by Crippen LogP contribution is -2.36. The summed E-state index contributed by atoms with van der Waals surface area (Å²) < 4.78 is 5.94. The van der Waals surface area contributed by atoms with Crippen LogP contribution in [0, 0.1) is 11.3 Å². The molecule has 0 fully saturated rings. The van der Waals surface area contributed by atoms with Crippen LogP contribution in [0.4, 0.5) is 0 Å². The molecule has 0 bridgehead atoms. The summed E-state index contributed by atoms with van der Waals surface area (Å²) in [6, 6.07) is 22.6. The van der Waals surface area contributed by atoms with Crippen LogP contribution in [0.1, 0.15) is 112 Å². The average molecular weight is 634 g/mol. The number of carbonyl (C=O) groups is 3. The summed E-state index contributed by atoms with van der Waals surface area (Å²) in [5.41, 5.74) is 5.17. The molecule has 0 N–H and O–H groups in total. The highest BCUT2D eigenvalue weighted by Gasteiger charge is 2.32. The maximum atomic E-state index is 13.1. The van der Waals surface area contributed by atoms with E-state index < -0.39 is 0 Å². The first-order valence-corrected chi connectivity index (χ1v) is 16.9. The Balaban J connectivity index is 1.22. The first-order chi connectivity index (χ1) is 22.2. The summed E-state index contributed by atoms with van der Waals surface area (Å²) in [4.78, 5) is 40.9. The van der Waals surface area contributed by atoms with Crippen molar-refractivity contribution in [3.8, 4) is 5.75 Å². The van der Waals surface area contributed by atoms with E-state index in [1.807, 2.05) is 36.4 Å². The molecular formula is C42H51NO4. The zero-order valence-electron chi connectivity index (χ0n) is 29.3.